The molecule has 2 heteroatoms. The molecular weight excluding hydrogens is 258 g/mol. The maximum Gasteiger partial charge on any atom is 0.0716 e. The van der Waals surface area contributed by atoms with Crippen molar-refractivity contribution in [1.29, 1.82) is 0 Å². The summed E-state index contributed by atoms with van der Waals surface area (Å²) in [4.78, 5) is 0. The molecule has 0 amide bonds. The lowest BCUT2D eigenvalue weighted by Crippen LogP contribution is -2.19. The van der Waals surface area contributed by atoms with Gasteiger partial charge in [0.1, 0.15) is 0 Å². The number of aryl methyl sites for hydroxylation is 1. The van der Waals surface area contributed by atoms with Crippen molar-refractivity contribution < 1.29 is 4.74 Å². The SMILES string of the molecule is CCc1ccc(C(C)NCc2ccccc2COC)cc1. The molecule has 112 valence electrons. The predicted molar refractivity (Wildman–Crippen MR) is 88.2 cm³/mol. The average molecular weight is 283 g/mol. The lowest BCUT2D eigenvalue weighted by atomic mass is 10.0. The van der Waals surface area contributed by atoms with E-state index in [0.717, 1.165) is 13.0 Å². The molecule has 0 spiro atoms. The van der Waals surface area contributed by atoms with E-state index in [4.69, 9.17) is 4.74 Å². The standard InChI is InChI=1S/C19H25NO/c1-4-16-9-11-17(12-10-16)15(2)20-13-18-7-5-6-8-19(18)14-21-3/h5-12,15,20H,4,13-14H2,1-3H3. The number of nitrogens with one attached hydrogen (secondary N) is 1. The van der Waals surface area contributed by atoms with Crippen LogP contribution >= 0.6 is 0 Å². The third-order valence-corrected chi connectivity index (χ3v) is 3.90. The quantitative estimate of drug-likeness (QED) is 0.820. The Morgan fingerprint density at radius 2 is 1.67 bits per heavy atom. The Labute approximate surface area is 128 Å². The maximum atomic E-state index is 5.26. The summed E-state index contributed by atoms with van der Waals surface area (Å²) < 4.78 is 5.26. The van der Waals surface area contributed by atoms with Crippen LogP contribution in [0.25, 0.3) is 0 Å². The maximum absolute atomic E-state index is 5.26. The van der Waals surface area contributed by atoms with E-state index in [9.17, 15) is 0 Å². The second-order valence-electron chi connectivity index (χ2n) is 5.40. The van der Waals surface area contributed by atoms with Crippen molar-refractivity contribution >= 4 is 0 Å². The highest BCUT2D eigenvalue weighted by Crippen LogP contribution is 2.16. The van der Waals surface area contributed by atoms with Gasteiger partial charge < -0.3 is 10.1 Å². The summed E-state index contributed by atoms with van der Waals surface area (Å²) in [5.41, 5.74) is 5.27. The summed E-state index contributed by atoms with van der Waals surface area (Å²) in [5, 5.41) is 3.60. The Morgan fingerprint density at radius 3 is 2.29 bits per heavy atom. The second-order valence-corrected chi connectivity index (χ2v) is 5.40. The van der Waals surface area contributed by atoms with Gasteiger partial charge in [0.2, 0.25) is 0 Å². The van der Waals surface area contributed by atoms with Gasteiger partial charge in [-0.05, 0) is 35.6 Å². The van der Waals surface area contributed by atoms with E-state index >= 15 is 0 Å². The molecule has 2 rings (SSSR count). The van der Waals surface area contributed by atoms with E-state index in [1.54, 1.807) is 7.11 Å². The Bertz CT molecular complexity index is 548. The van der Waals surface area contributed by atoms with Crippen molar-refractivity contribution in [3.8, 4) is 0 Å². The third kappa shape index (κ3) is 4.42. The van der Waals surface area contributed by atoms with E-state index in [2.05, 4.69) is 67.7 Å². The van der Waals surface area contributed by atoms with E-state index in [-0.39, 0.29) is 0 Å². The lowest BCUT2D eigenvalue weighted by molar-refractivity contribution is 0.184. The molecule has 21 heavy (non-hydrogen) atoms. The molecule has 2 nitrogen and oxygen atoms in total. The van der Waals surface area contributed by atoms with Crippen LogP contribution in [0.4, 0.5) is 0 Å². The highest BCUT2D eigenvalue weighted by atomic mass is 16.5. The minimum absolute atomic E-state index is 0.339. The van der Waals surface area contributed by atoms with Gasteiger partial charge in [-0.25, -0.2) is 0 Å². The summed E-state index contributed by atoms with van der Waals surface area (Å²) >= 11 is 0. The van der Waals surface area contributed by atoms with Crippen molar-refractivity contribution in [2.75, 3.05) is 7.11 Å². The first-order valence-electron chi connectivity index (χ1n) is 7.62. The third-order valence-electron chi connectivity index (χ3n) is 3.90. The Morgan fingerprint density at radius 1 is 1.00 bits per heavy atom. The fourth-order valence-electron chi connectivity index (χ4n) is 2.45. The molecular formula is C19H25NO. The average Bonchev–Trinajstić information content (AvgIpc) is 2.54. The first kappa shape index (κ1) is 15.7. The van der Waals surface area contributed by atoms with E-state index in [0.29, 0.717) is 12.6 Å². The van der Waals surface area contributed by atoms with Gasteiger partial charge in [0, 0.05) is 19.7 Å². The molecule has 0 aromatic heterocycles. The summed E-state index contributed by atoms with van der Waals surface area (Å²) in [6.07, 6.45) is 1.09. The van der Waals surface area contributed by atoms with Gasteiger partial charge in [0.15, 0.2) is 0 Å². The largest absolute Gasteiger partial charge is 0.380 e. The van der Waals surface area contributed by atoms with Crippen molar-refractivity contribution in [3.05, 3.63) is 70.8 Å². The number of hydrogen-bond donors (Lipinski definition) is 1. The zero-order valence-electron chi connectivity index (χ0n) is 13.2. The Balaban J connectivity index is 1.98. The van der Waals surface area contributed by atoms with Crippen molar-refractivity contribution in [2.24, 2.45) is 0 Å². The van der Waals surface area contributed by atoms with Crippen molar-refractivity contribution in [3.63, 3.8) is 0 Å². The van der Waals surface area contributed by atoms with Gasteiger partial charge in [-0.3, -0.25) is 0 Å². The summed E-state index contributed by atoms with van der Waals surface area (Å²) in [7, 11) is 1.74. The van der Waals surface area contributed by atoms with Gasteiger partial charge in [-0.2, -0.15) is 0 Å². The topological polar surface area (TPSA) is 21.3 Å². The molecule has 1 atom stereocenters. The van der Waals surface area contributed by atoms with Gasteiger partial charge in [-0.1, -0.05) is 55.5 Å². The second kappa shape index (κ2) is 7.96. The van der Waals surface area contributed by atoms with E-state index < -0.39 is 0 Å². The molecule has 1 unspecified atom stereocenters. The van der Waals surface area contributed by atoms with Gasteiger partial charge in [0.25, 0.3) is 0 Å². The zero-order chi connectivity index (χ0) is 15.1. The Kier molecular flexibility index (Phi) is 5.97. The number of methoxy groups -OCH3 is 1. The summed E-state index contributed by atoms with van der Waals surface area (Å²) in [6.45, 7) is 5.91. The molecule has 0 fully saturated rings. The van der Waals surface area contributed by atoms with Crippen molar-refractivity contribution in [1.82, 2.24) is 5.32 Å². The molecule has 0 heterocycles. The van der Waals surface area contributed by atoms with Crippen LogP contribution in [0, 0.1) is 0 Å². The van der Waals surface area contributed by atoms with Gasteiger partial charge in [-0.15, -0.1) is 0 Å². The molecule has 0 bridgehead atoms. The van der Waals surface area contributed by atoms with Crippen LogP contribution in [-0.4, -0.2) is 7.11 Å². The normalized spacial score (nSPS) is 12.3. The van der Waals surface area contributed by atoms with Crippen LogP contribution in [0.15, 0.2) is 48.5 Å². The van der Waals surface area contributed by atoms with Crippen LogP contribution in [0.3, 0.4) is 0 Å². The summed E-state index contributed by atoms with van der Waals surface area (Å²) in [6, 6.07) is 17.6. The smallest absolute Gasteiger partial charge is 0.0716 e. The van der Waals surface area contributed by atoms with Crippen molar-refractivity contribution in [2.45, 2.75) is 39.5 Å². The molecule has 0 aliphatic carbocycles. The van der Waals surface area contributed by atoms with Gasteiger partial charge in [0.05, 0.1) is 6.61 Å². The van der Waals surface area contributed by atoms with Crippen LogP contribution in [0.2, 0.25) is 0 Å². The minimum Gasteiger partial charge on any atom is -0.380 e. The fourth-order valence-corrected chi connectivity index (χ4v) is 2.45. The lowest BCUT2D eigenvalue weighted by Gasteiger charge is -2.16. The Hall–Kier alpha value is -1.64. The van der Waals surface area contributed by atoms with Crippen LogP contribution < -0.4 is 5.32 Å². The predicted octanol–water partition coefficient (Wildman–Crippen LogP) is 4.25. The molecule has 0 aliphatic rings. The number of benzene rings is 2. The molecule has 0 aliphatic heterocycles. The highest BCUT2D eigenvalue weighted by molar-refractivity contribution is 5.28. The van der Waals surface area contributed by atoms with E-state index in [1.807, 2.05) is 0 Å². The first-order valence-corrected chi connectivity index (χ1v) is 7.62. The number of ether oxygens (including phenoxy) is 1. The van der Waals surface area contributed by atoms with E-state index in [1.165, 1.54) is 22.3 Å². The molecule has 2 aromatic carbocycles. The molecule has 2 aromatic rings. The monoisotopic (exact) mass is 283 g/mol. The van der Waals surface area contributed by atoms with Crippen LogP contribution in [0.1, 0.15) is 42.1 Å². The fraction of sp³-hybridized carbons (Fsp3) is 0.368. The van der Waals surface area contributed by atoms with Crippen LogP contribution in [-0.2, 0) is 24.3 Å². The first-order chi connectivity index (χ1) is 10.2. The minimum atomic E-state index is 0.339. The summed E-state index contributed by atoms with van der Waals surface area (Å²) in [5.74, 6) is 0. The molecule has 1 N–H and O–H groups in total. The molecule has 0 radical (unpaired) electrons. The highest BCUT2D eigenvalue weighted by Gasteiger charge is 2.07. The van der Waals surface area contributed by atoms with Gasteiger partial charge >= 0.3 is 0 Å². The number of rotatable bonds is 7. The number of hydrogen-bond acceptors (Lipinski definition) is 2. The molecule has 0 saturated heterocycles. The molecule has 0 saturated carbocycles. The zero-order valence-corrected chi connectivity index (χ0v) is 13.2. The van der Waals surface area contributed by atoms with Crippen LogP contribution in [0.5, 0.6) is 0 Å².